The van der Waals surface area contributed by atoms with E-state index in [2.05, 4.69) is 22.4 Å². The monoisotopic (exact) mass is 318 g/mol. The van der Waals surface area contributed by atoms with E-state index < -0.39 is 4.92 Å². The number of rotatable bonds is 5. The lowest BCUT2D eigenvalue weighted by Crippen LogP contribution is -2.05. The second-order valence-corrected chi connectivity index (χ2v) is 5.01. The van der Waals surface area contributed by atoms with Gasteiger partial charge in [0.25, 0.3) is 5.69 Å². The van der Waals surface area contributed by atoms with Crippen LogP contribution in [0.15, 0.2) is 53.5 Å². The molecule has 0 N–H and O–H groups in total. The van der Waals surface area contributed by atoms with E-state index in [1.54, 1.807) is 18.2 Å². The summed E-state index contributed by atoms with van der Waals surface area (Å²) < 4.78 is 0. The summed E-state index contributed by atoms with van der Waals surface area (Å²) >= 11 is 10.6. The number of hydrogen-bond donors (Lipinski definition) is 0. The molecule has 0 spiro atoms. The molecule has 0 aliphatic heterocycles. The molecule has 0 saturated heterocycles. The second kappa shape index (κ2) is 7.09. The Bertz CT molecular complexity index is 697. The van der Waals surface area contributed by atoms with Crippen molar-refractivity contribution in [3.8, 4) is 0 Å². The highest BCUT2D eigenvalue weighted by molar-refractivity contribution is 7.78. The molecule has 0 radical (unpaired) electrons. The van der Waals surface area contributed by atoms with Gasteiger partial charge in [-0.15, -0.1) is 0 Å². The third kappa shape index (κ3) is 3.95. The highest BCUT2D eigenvalue weighted by Crippen LogP contribution is 2.28. The van der Waals surface area contributed by atoms with Gasteiger partial charge in [0.05, 0.1) is 16.6 Å². The van der Waals surface area contributed by atoms with E-state index >= 15 is 0 Å². The van der Waals surface area contributed by atoms with E-state index in [1.165, 1.54) is 12.1 Å². The maximum absolute atomic E-state index is 10.7. The molecule has 0 heterocycles. The number of nitrogens with zero attached hydrogens (tertiary/aromatic N) is 2. The van der Waals surface area contributed by atoms with Crippen molar-refractivity contribution >= 4 is 34.7 Å². The first-order chi connectivity index (χ1) is 10.1. The van der Waals surface area contributed by atoms with Gasteiger partial charge in [-0.1, -0.05) is 35.9 Å². The van der Waals surface area contributed by atoms with Crippen molar-refractivity contribution in [3.05, 3.63) is 74.8 Å². The maximum atomic E-state index is 10.7. The number of thiocarbonyl (C=S) groups is 1. The Labute approximate surface area is 132 Å². The topological polar surface area (TPSA) is 55.5 Å². The van der Waals surface area contributed by atoms with Crippen molar-refractivity contribution in [2.45, 2.75) is 5.92 Å². The van der Waals surface area contributed by atoms with E-state index in [4.69, 9.17) is 11.6 Å². The van der Waals surface area contributed by atoms with E-state index in [0.29, 0.717) is 11.6 Å². The lowest BCUT2D eigenvalue weighted by atomic mass is 9.91. The molecule has 0 bridgehead atoms. The Morgan fingerprint density at radius 1 is 1.24 bits per heavy atom. The lowest BCUT2D eigenvalue weighted by molar-refractivity contribution is -0.384. The number of aliphatic imine (C=N–C) groups is 1. The molecular weight excluding hydrogens is 308 g/mol. The number of hydrogen-bond acceptors (Lipinski definition) is 4. The van der Waals surface area contributed by atoms with E-state index in [1.807, 2.05) is 18.2 Å². The molecular formula is C15H11ClN2O2S. The summed E-state index contributed by atoms with van der Waals surface area (Å²) in [7, 11) is 0. The van der Waals surface area contributed by atoms with Crippen LogP contribution in [0.5, 0.6) is 0 Å². The number of benzene rings is 2. The fraction of sp³-hybridized carbons (Fsp3) is 0.133. The maximum Gasteiger partial charge on any atom is 0.269 e. The van der Waals surface area contributed by atoms with Gasteiger partial charge >= 0.3 is 0 Å². The zero-order chi connectivity index (χ0) is 15.2. The van der Waals surface area contributed by atoms with Gasteiger partial charge in [0, 0.05) is 23.1 Å². The zero-order valence-corrected chi connectivity index (χ0v) is 12.5. The number of nitro groups is 1. The third-order valence-corrected chi connectivity index (χ3v) is 3.46. The van der Waals surface area contributed by atoms with Crippen LogP contribution < -0.4 is 0 Å². The molecule has 21 heavy (non-hydrogen) atoms. The lowest BCUT2D eigenvalue weighted by Gasteiger charge is -2.15. The molecule has 0 amide bonds. The van der Waals surface area contributed by atoms with Crippen LogP contribution in [0.2, 0.25) is 5.02 Å². The standard InChI is InChI=1S/C15H11ClN2O2S/c16-13-3-1-2-12(8-13)15(9-17-10-21)11-4-6-14(7-5-11)18(19)20/h1-8,15H,9H2. The highest BCUT2D eigenvalue weighted by atomic mass is 35.5. The average Bonchev–Trinajstić information content (AvgIpc) is 2.48. The Balaban J connectivity index is 2.40. The quantitative estimate of drug-likeness (QED) is 0.353. The van der Waals surface area contributed by atoms with Crippen molar-refractivity contribution in [2.75, 3.05) is 6.54 Å². The van der Waals surface area contributed by atoms with Gasteiger partial charge in [-0.3, -0.25) is 10.1 Å². The van der Waals surface area contributed by atoms with Crippen molar-refractivity contribution < 1.29 is 4.92 Å². The van der Waals surface area contributed by atoms with E-state index in [9.17, 15) is 10.1 Å². The molecule has 0 saturated carbocycles. The van der Waals surface area contributed by atoms with Gasteiger partial charge in [-0.05, 0) is 35.5 Å². The van der Waals surface area contributed by atoms with Crippen LogP contribution in [-0.2, 0) is 0 Å². The van der Waals surface area contributed by atoms with Gasteiger partial charge in [0.2, 0.25) is 0 Å². The second-order valence-electron chi connectivity index (χ2n) is 4.39. The molecule has 106 valence electrons. The van der Waals surface area contributed by atoms with Crippen molar-refractivity contribution in [1.82, 2.24) is 0 Å². The number of halogens is 1. The van der Waals surface area contributed by atoms with Crippen LogP contribution in [0, 0.1) is 10.1 Å². The SMILES string of the molecule is O=[N+]([O-])c1ccc(C(CN=C=S)c2cccc(Cl)c2)cc1. The van der Waals surface area contributed by atoms with Crippen LogP contribution in [0.4, 0.5) is 5.69 Å². The summed E-state index contributed by atoms with van der Waals surface area (Å²) in [6, 6.07) is 13.9. The molecule has 0 aliphatic carbocycles. The first kappa shape index (κ1) is 15.3. The summed E-state index contributed by atoms with van der Waals surface area (Å²) in [4.78, 5) is 14.3. The molecule has 2 aromatic rings. The zero-order valence-electron chi connectivity index (χ0n) is 10.9. The Kier molecular flexibility index (Phi) is 5.17. The summed E-state index contributed by atoms with van der Waals surface area (Å²) in [5.74, 6) is -0.0695. The van der Waals surface area contributed by atoms with Gasteiger partial charge in [0.15, 0.2) is 0 Å². The minimum Gasteiger partial charge on any atom is -0.258 e. The summed E-state index contributed by atoms with van der Waals surface area (Å²) in [5.41, 5.74) is 1.95. The first-order valence-electron chi connectivity index (χ1n) is 6.15. The molecule has 0 aliphatic rings. The fourth-order valence-electron chi connectivity index (χ4n) is 2.08. The number of nitro benzene ring substituents is 1. The van der Waals surface area contributed by atoms with E-state index in [-0.39, 0.29) is 11.6 Å². The van der Waals surface area contributed by atoms with Gasteiger partial charge < -0.3 is 0 Å². The van der Waals surface area contributed by atoms with Gasteiger partial charge in [-0.2, -0.15) is 0 Å². The smallest absolute Gasteiger partial charge is 0.258 e. The van der Waals surface area contributed by atoms with Crippen LogP contribution in [-0.4, -0.2) is 16.6 Å². The highest BCUT2D eigenvalue weighted by Gasteiger charge is 2.15. The molecule has 6 heteroatoms. The molecule has 0 fully saturated rings. The largest absolute Gasteiger partial charge is 0.269 e. The molecule has 2 rings (SSSR count). The summed E-state index contributed by atoms with van der Waals surface area (Å²) in [6.45, 7) is 0.418. The van der Waals surface area contributed by atoms with E-state index in [0.717, 1.165) is 11.1 Å². The number of non-ortho nitro benzene ring substituents is 1. The molecule has 2 aromatic carbocycles. The molecule has 4 nitrogen and oxygen atoms in total. The van der Waals surface area contributed by atoms with Gasteiger partial charge in [-0.25, -0.2) is 4.99 Å². The molecule has 1 unspecified atom stereocenters. The fourth-order valence-corrected chi connectivity index (χ4v) is 2.36. The Hall–Kier alpha value is -2.07. The minimum atomic E-state index is -0.423. The van der Waals surface area contributed by atoms with Crippen LogP contribution >= 0.6 is 23.8 Å². The van der Waals surface area contributed by atoms with Crippen LogP contribution in [0.25, 0.3) is 0 Å². The predicted octanol–water partition coefficient (Wildman–Crippen LogP) is 4.48. The predicted molar refractivity (Wildman–Crippen MR) is 86.3 cm³/mol. The van der Waals surface area contributed by atoms with Crippen molar-refractivity contribution in [2.24, 2.45) is 4.99 Å². The third-order valence-electron chi connectivity index (χ3n) is 3.10. The normalized spacial score (nSPS) is 11.5. The molecule has 1 atom stereocenters. The van der Waals surface area contributed by atoms with Crippen molar-refractivity contribution in [3.63, 3.8) is 0 Å². The Morgan fingerprint density at radius 2 is 1.95 bits per heavy atom. The van der Waals surface area contributed by atoms with Gasteiger partial charge in [0.1, 0.15) is 0 Å². The summed E-state index contributed by atoms with van der Waals surface area (Å²) in [5, 5.41) is 13.7. The first-order valence-corrected chi connectivity index (χ1v) is 6.94. The van der Waals surface area contributed by atoms with Crippen LogP contribution in [0.3, 0.4) is 0 Å². The Morgan fingerprint density at radius 3 is 2.52 bits per heavy atom. The number of isothiocyanates is 1. The van der Waals surface area contributed by atoms with Crippen molar-refractivity contribution in [1.29, 1.82) is 0 Å². The van der Waals surface area contributed by atoms with Crippen LogP contribution in [0.1, 0.15) is 17.0 Å². The minimum absolute atomic E-state index is 0.0573. The summed E-state index contributed by atoms with van der Waals surface area (Å²) in [6.07, 6.45) is 0. The molecule has 0 aromatic heterocycles. The average molecular weight is 319 g/mol.